The number of benzene rings is 1. The Morgan fingerprint density at radius 3 is 2.52 bits per heavy atom. The predicted molar refractivity (Wildman–Crippen MR) is 98.3 cm³/mol. The van der Waals surface area contributed by atoms with Gasteiger partial charge in [0.15, 0.2) is 6.54 Å². The molecule has 0 atom stereocenters. The normalized spacial score (nSPS) is 17.4. The summed E-state index contributed by atoms with van der Waals surface area (Å²) in [7, 11) is -3.53. The second-order valence-corrected chi connectivity index (χ2v) is 9.45. The minimum Gasteiger partial charge on any atom is -0.346 e. The third kappa shape index (κ3) is 5.41. The van der Waals surface area contributed by atoms with Crippen molar-refractivity contribution in [3.05, 3.63) is 29.3 Å². The van der Waals surface area contributed by atoms with Crippen molar-refractivity contribution in [1.82, 2.24) is 9.62 Å². The van der Waals surface area contributed by atoms with E-state index in [2.05, 4.69) is 5.32 Å². The molecule has 1 aliphatic heterocycles. The van der Waals surface area contributed by atoms with Crippen LogP contribution < -0.4 is 10.2 Å². The monoisotopic (exact) mass is 388 g/mol. The number of amides is 1. The summed E-state index contributed by atoms with van der Waals surface area (Å²) in [4.78, 5) is 13.5. The van der Waals surface area contributed by atoms with Crippen LogP contribution in [0, 0.1) is 0 Å². The number of halogens is 1. The number of nitrogens with one attached hydrogen (secondary N) is 2. The summed E-state index contributed by atoms with van der Waals surface area (Å²) in [5, 5.41) is 3.42. The van der Waals surface area contributed by atoms with Crippen LogP contribution in [-0.2, 0) is 14.8 Å². The molecule has 2 N–H and O–H groups in total. The number of carbonyl (C=O) groups is 1. The summed E-state index contributed by atoms with van der Waals surface area (Å²) in [6.45, 7) is 8.41. The van der Waals surface area contributed by atoms with Crippen molar-refractivity contribution in [2.75, 3.05) is 32.7 Å². The average Bonchev–Trinajstić information content (AvgIpc) is 2.55. The molecule has 1 fully saturated rings. The van der Waals surface area contributed by atoms with E-state index in [0.29, 0.717) is 37.7 Å². The highest BCUT2D eigenvalue weighted by molar-refractivity contribution is 7.89. The highest BCUT2D eigenvalue weighted by atomic mass is 35.5. The molecule has 6 nitrogen and oxygen atoms in total. The lowest BCUT2D eigenvalue weighted by Gasteiger charge is -2.32. The molecule has 0 aromatic heterocycles. The molecule has 0 unspecified atom stereocenters. The summed E-state index contributed by atoms with van der Waals surface area (Å²) < 4.78 is 26.8. The molecular weight excluding hydrogens is 362 g/mol. The molecule has 1 saturated heterocycles. The summed E-state index contributed by atoms with van der Waals surface area (Å²) in [6, 6.07) is 6.31. The number of quaternary nitrogens is 1. The van der Waals surface area contributed by atoms with E-state index in [0.717, 1.165) is 11.3 Å². The second kappa shape index (κ2) is 8.03. The zero-order valence-electron chi connectivity index (χ0n) is 15.0. The molecule has 25 heavy (non-hydrogen) atoms. The second-order valence-electron chi connectivity index (χ2n) is 7.07. The molecule has 0 bridgehead atoms. The molecule has 8 heteroatoms. The van der Waals surface area contributed by atoms with Crippen molar-refractivity contribution in [3.63, 3.8) is 0 Å². The maximum Gasteiger partial charge on any atom is 0.275 e. The SMILES string of the molecule is CCC(C)(C)NC(=O)C[NH+]1CCN(S(=O)(=O)c2cccc(Cl)c2)CC1. The summed E-state index contributed by atoms with van der Waals surface area (Å²) in [5.74, 6) is 0.00741. The Bertz CT molecular complexity index is 714. The molecule has 2 rings (SSSR count). The fourth-order valence-corrected chi connectivity index (χ4v) is 4.48. The number of rotatable bonds is 6. The Morgan fingerprint density at radius 1 is 1.32 bits per heavy atom. The van der Waals surface area contributed by atoms with Crippen molar-refractivity contribution in [3.8, 4) is 0 Å². The first-order valence-corrected chi connectivity index (χ1v) is 10.4. The highest BCUT2D eigenvalue weighted by Crippen LogP contribution is 2.19. The quantitative estimate of drug-likeness (QED) is 0.747. The number of carbonyl (C=O) groups excluding carboxylic acids is 1. The number of hydrogen-bond donors (Lipinski definition) is 2. The molecule has 1 aromatic carbocycles. The van der Waals surface area contributed by atoms with Gasteiger partial charge in [-0.1, -0.05) is 24.6 Å². The van der Waals surface area contributed by atoms with Gasteiger partial charge < -0.3 is 10.2 Å². The van der Waals surface area contributed by atoms with E-state index < -0.39 is 10.0 Å². The Labute approximate surface area is 155 Å². The number of sulfonamides is 1. The predicted octanol–water partition coefficient (Wildman–Crippen LogP) is 0.534. The first kappa shape index (κ1) is 20.2. The van der Waals surface area contributed by atoms with E-state index in [9.17, 15) is 13.2 Å². The van der Waals surface area contributed by atoms with Crippen molar-refractivity contribution >= 4 is 27.5 Å². The van der Waals surface area contributed by atoms with E-state index in [1.54, 1.807) is 18.2 Å². The number of hydrogen-bond acceptors (Lipinski definition) is 3. The van der Waals surface area contributed by atoms with Gasteiger partial charge in [0.1, 0.15) is 0 Å². The Hall–Kier alpha value is -1.15. The molecule has 0 saturated carbocycles. The van der Waals surface area contributed by atoms with E-state index in [-0.39, 0.29) is 16.3 Å². The van der Waals surface area contributed by atoms with E-state index >= 15 is 0 Å². The van der Waals surface area contributed by atoms with Gasteiger partial charge >= 0.3 is 0 Å². The summed E-state index contributed by atoms with van der Waals surface area (Å²) in [6.07, 6.45) is 0.861. The first-order valence-electron chi connectivity index (χ1n) is 8.54. The number of piperazine rings is 1. The third-order valence-corrected chi connectivity index (χ3v) is 6.77. The molecule has 0 radical (unpaired) electrons. The topological polar surface area (TPSA) is 70.9 Å². The zero-order valence-corrected chi connectivity index (χ0v) is 16.6. The maximum absolute atomic E-state index is 12.7. The van der Waals surface area contributed by atoms with Crippen LogP contribution in [0.5, 0.6) is 0 Å². The average molecular weight is 389 g/mol. The maximum atomic E-state index is 12.7. The van der Waals surface area contributed by atoms with Crippen LogP contribution in [0.4, 0.5) is 0 Å². The lowest BCUT2D eigenvalue weighted by Crippen LogP contribution is -3.16. The zero-order chi connectivity index (χ0) is 18.7. The molecule has 0 spiro atoms. The van der Waals surface area contributed by atoms with Gasteiger partial charge in [-0.2, -0.15) is 4.31 Å². The van der Waals surface area contributed by atoms with Gasteiger partial charge in [-0.05, 0) is 38.5 Å². The van der Waals surface area contributed by atoms with Crippen molar-refractivity contribution in [2.24, 2.45) is 0 Å². The number of nitrogens with zero attached hydrogens (tertiary/aromatic N) is 1. The van der Waals surface area contributed by atoms with Crippen molar-refractivity contribution in [2.45, 2.75) is 37.6 Å². The van der Waals surface area contributed by atoms with Crippen LogP contribution >= 0.6 is 11.6 Å². The molecule has 140 valence electrons. The van der Waals surface area contributed by atoms with E-state index in [4.69, 9.17) is 11.6 Å². The lowest BCUT2D eigenvalue weighted by atomic mass is 10.0. The molecular formula is C17H27ClN3O3S+. The molecule has 1 amide bonds. The van der Waals surface area contributed by atoms with Crippen LogP contribution in [0.2, 0.25) is 5.02 Å². The largest absolute Gasteiger partial charge is 0.346 e. The van der Waals surface area contributed by atoms with Gasteiger partial charge in [-0.15, -0.1) is 0 Å². The van der Waals surface area contributed by atoms with Crippen LogP contribution in [0.25, 0.3) is 0 Å². The summed E-state index contributed by atoms with van der Waals surface area (Å²) in [5.41, 5.74) is -0.214. The van der Waals surface area contributed by atoms with Gasteiger partial charge in [0.05, 0.1) is 31.1 Å². The van der Waals surface area contributed by atoms with Gasteiger partial charge in [0.2, 0.25) is 10.0 Å². The summed E-state index contributed by atoms with van der Waals surface area (Å²) >= 11 is 5.90. The van der Waals surface area contributed by atoms with Crippen molar-refractivity contribution < 1.29 is 18.1 Å². The Morgan fingerprint density at radius 2 is 1.96 bits per heavy atom. The fourth-order valence-electron chi connectivity index (χ4n) is 2.73. The van der Waals surface area contributed by atoms with E-state index in [1.165, 1.54) is 10.4 Å². The van der Waals surface area contributed by atoms with Crippen LogP contribution in [0.3, 0.4) is 0 Å². The molecule has 1 heterocycles. The van der Waals surface area contributed by atoms with Crippen LogP contribution in [-0.4, -0.2) is 56.9 Å². The molecule has 1 aliphatic rings. The van der Waals surface area contributed by atoms with Crippen LogP contribution in [0.1, 0.15) is 27.2 Å². The van der Waals surface area contributed by atoms with Gasteiger partial charge in [0, 0.05) is 10.6 Å². The molecule has 1 aromatic rings. The highest BCUT2D eigenvalue weighted by Gasteiger charge is 2.31. The molecule has 0 aliphatic carbocycles. The standard InChI is InChI=1S/C17H26ClN3O3S/c1-4-17(2,3)19-16(22)13-20-8-10-21(11-9-20)25(23,24)15-7-5-6-14(18)12-15/h5-7,12H,4,8-11,13H2,1-3H3,(H,19,22)/p+1. The van der Waals surface area contributed by atoms with Gasteiger partial charge in [0.25, 0.3) is 5.91 Å². The minimum absolute atomic E-state index is 0.00741. The van der Waals surface area contributed by atoms with E-state index in [1.807, 2.05) is 20.8 Å². The smallest absolute Gasteiger partial charge is 0.275 e. The van der Waals surface area contributed by atoms with Crippen molar-refractivity contribution in [1.29, 1.82) is 0 Å². The Kier molecular flexibility index (Phi) is 6.48. The third-order valence-electron chi connectivity index (χ3n) is 4.64. The van der Waals surface area contributed by atoms with Crippen LogP contribution in [0.15, 0.2) is 29.2 Å². The Balaban J connectivity index is 1.92. The van der Waals surface area contributed by atoms with Gasteiger partial charge in [-0.3, -0.25) is 4.79 Å². The first-order chi connectivity index (χ1) is 11.6. The van der Waals surface area contributed by atoms with Gasteiger partial charge in [-0.25, -0.2) is 8.42 Å². The lowest BCUT2D eigenvalue weighted by molar-refractivity contribution is -0.895. The fraction of sp³-hybridized carbons (Fsp3) is 0.588. The minimum atomic E-state index is -3.53.